The Bertz CT molecular complexity index is 821. The number of benzene rings is 2. The van der Waals surface area contributed by atoms with Crippen LogP contribution in [0.2, 0.25) is 10.0 Å². The van der Waals surface area contributed by atoms with Crippen LogP contribution in [0.15, 0.2) is 36.4 Å². The Morgan fingerprint density at radius 3 is 2.62 bits per heavy atom. The summed E-state index contributed by atoms with van der Waals surface area (Å²) in [5, 5.41) is 0.737. The monoisotopic (exact) mass is 367 g/mol. The van der Waals surface area contributed by atoms with Gasteiger partial charge >= 0.3 is 5.91 Å². The van der Waals surface area contributed by atoms with E-state index in [0.717, 1.165) is 4.90 Å². The molecule has 124 valence electrons. The van der Waals surface area contributed by atoms with Crippen molar-refractivity contribution in [1.29, 1.82) is 0 Å². The molecule has 0 aliphatic carbocycles. The summed E-state index contributed by atoms with van der Waals surface area (Å²) in [5.41, 5.74) is 1.20. The van der Waals surface area contributed by atoms with Gasteiger partial charge in [-0.25, -0.2) is 4.39 Å². The zero-order valence-electron chi connectivity index (χ0n) is 12.8. The first-order chi connectivity index (χ1) is 11.4. The van der Waals surface area contributed by atoms with Crippen LogP contribution >= 0.6 is 23.2 Å². The van der Waals surface area contributed by atoms with Gasteiger partial charge in [-0.2, -0.15) is 0 Å². The van der Waals surface area contributed by atoms with E-state index < -0.39 is 17.5 Å². The predicted octanol–water partition coefficient (Wildman–Crippen LogP) is 2.33. The number of quaternary nitrogens is 1. The molecule has 1 heterocycles. The smallest absolute Gasteiger partial charge is 0.303 e. The number of nitrogens with one attached hydrogen (secondary N) is 1. The van der Waals surface area contributed by atoms with Crippen LogP contribution in [0.5, 0.6) is 0 Å². The zero-order valence-corrected chi connectivity index (χ0v) is 14.3. The first-order valence-corrected chi connectivity index (χ1v) is 8.04. The molecule has 4 nitrogen and oxygen atoms in total. The minimum absolute atomic E-state index is 0.212. The van der Waals surface area contributed by atoms with E-state index in [-0.39, 0.29) is 13.2 Å². The highest BCUT2D eigenvalue weighted by atomic mass is 35.5. The third-order valence-corrected chi connectivity index (χ3v) is 4.49. The highest BCUT2D eigenvalue weighted by molar-refractivity contribution is 6.52. The number of fused-ring (bicyclic) bond motifs is 1. The van der Waals surface area contributed by atoms with E-state index in [4.69, 9.17) is 23.2 Å². The maximum Gasteiger partial charge on any atom is 0.303 e. The number of carbonyl (C=O) groups is 2. The van der Waals surface area contributed by atoms with Crippen molar-refractivity contribution in [3.63, 3.8) is 0 Å². The number of hydrogen-bond acceptors (Lipinski definition) is 2. The normalized spacial score (nSPS) is 14.9. The van der Waals surface area contributed by atoms with E-state index >= 15 is 0 Å². The Balaban J connectivity index is 1.82. The Hall–Kier alpha value is -1.95. The van der Waals surface area contributed by atoms with E-state index in [2.05, 4.69) is 0 Å². The molecule has 0 radical (unpaired) electrons. The Morgan fingerprint density at radius 1 is 1.17 bits per heavy atom. The molecule has 2 aromatic rings. The summed E-state index contributed by atoms with van der Waals surface area (Å²) in [5.74, 6) is -1.58. The van der Waals surface area contributed by atoms with Gasteiger partial charge in [0.2, 0.25) is 0 Å². The highest BCUT2D eigenvalue weighted by Gasteiger charge is 2.37. The van der Waals surface area contributed by atoms with Gasteiger partial charge in [0, 0.05) is 5.02 Å². The van der Waals surface area contributed by atoms with E-state index in [1.54, 1.807) is 31.3 Å². The Morgan fingerprint density at radius 2 is 1.92 bits per heavy atom. The molecule has 1 atom stereocenters. The molecule has 0 saturated carbocycles. The molecule has 1 N–H and O–H groups in total. The summed E-state index contributed by atoms with van der Waals surface area (Å²) >= 11 is 11.9. The fraction of sp³-hybridized carbons (Fsp3) is 0.176. The lowest BCUT2D eigenvalue weighted by Crippen LogP contribution is -3.09. The molecule has 1 aliphatic heterocycles. The van der Waals surface area contributed by atoms with Crippen molar-refractivity contribution in [2.45, 2.75) is 6.54 Å². The first-order valence-electron chi connectivity index (χ1n) is 7.28. The molecule has 0 fully saturated rings. The molecular weight excluding hydrogens is 354 g/mol. The molecule has 1 amide bonds. The van der Waals surface area contributed by atoms with Gasteiger partial charge in [-0.3, -0.25) is 14.5 Å². The van der Waals surface area contributed by atoms with Crippen molar-refractivity contribution in [3.05, 3.63) is 63.4 Å². The summed E-state index contributed by atoms with van der Waals surface area (Å²) in [6.45, 7) is 0.496. The van der Waals surface area contributed by atoms with Crippen LogP contribution in [-0.2, 0) is 11.3 Å². The fourth-order valence-corrected chi connectivity index (χ4v) is 3.16. The molecule has 1 unspecified atom stereocenters. The molecule has 0 spiro atoms. The van der Waals surface area contributed by atoms with Crippen molar-refractivity contribution in [1.82, 2.24) is 0 Å². The quantitative estimate of drug-likeness (QED) is 0.842. The lowest BCUT2D eigenvalue weighted by molar-refractivity contribution is -0.892. The van der Waals surface area contributed by atoms with Gasteiger partial charge in [-0.1, -0.05) is 29.3 Å². The van der Waals surface area contributed by atoms with E-state index in [0.29, 0.717) is 26.9 Å². The van der Waals surface area contributed by atoms with E-state index in [9.17, 15) is 14.0 Å². The highest BCUT2D eigenvalue weighted by Crippen LogP contribution is 2.30. The summed E-state index contributed by atoms with van der Waals surface area (Å²) < 4.78 is 13.9. The van der Waals surface area contributed by atoms with Crippen LogP contribution in [0, 0.1) is 5.82 Å². The average Bonchev–Trinajstić information content (AvgIpc) is 2.76. The number of Topliss-reactive ketones (excluding diaryl/α,β-unsaturated/α-hetero) is 1. The summed E-state index contributed by atoms with van der Waals surface area (Å²) in [4.78, 5) is 26.5. The minimum Gasteiger partial charge on any atom is -0.316 e. The second kappa shape index (κ2) is 6.51. The molecule has 0 bridgehead atoms. The van der Waals surface area contributed by atoms with Gasteiger partial charge in [0.05, 0.1) is 28.9 Å². The second-order valence-electron chi connectivity index (χ2n) is 5.72. The van der Waals surface area contributed by atoms with Crippen LogP contribution < -0.4 is 9.80 Å². The number of halogens is 3. The lowest BCUT2D eigenvalue weighted by atomic mass is 10.1. The van der Waals surface area contributed by atoms with Crippen LogP contribution in [-0.4, -0.2) is 25.4 Å². The second-order valence-corrected chi connectivity index (χ2v) is 6.56. The molecule has 0 aromatic heterocycles. The Kier molecular flexibility index (Phi) is 4.58. The molecule has 2 aromatic carbocycles. The van der Waals surface area contributed by atoms with Crippen LogP contribution in [0.4, 0.5) is 10.1 Å². The molecule has 0 saturated heterocycles. The van der Waals surface area contributed by atoms with Crippen molar-refractivity contribution in [3.8, 4) is 0 Å². The third kappa shape index (κ3) is 3.02. The van der Waals surface area contributed by atoms with Crippen LogP contribution in [0.1, 0.15) is 15.9 Å². The molecule has 24 heavy (non-hydrogen) atoms. The average molecular weight is 368 g/mol. The maximum absolute atomic E-state index is 13.9. The van der Waals surface area contributed by atoms with Gasteiger partial charge in [0.25, 0.3) is 5.78 Å². The summed E-state index contributed by atoms with van der Waals surface area (Å²) in [6.07, 6.45) is 0. The van der Waals surface area contributed by atoms with Gasteiger partial charge in [-0.15, -0.1) is 0 Å². The number of hydrogen-bond donors (Lipinski definition) is 1. The predicted molar refractivity (Wildman–Crippen MR) is 90.1 cm³/mol. The number of nitrogens with zero attached hydrogens (tertiary/aromatic N) is 1. The summed E-state index contributed by atoms with van der Waals surface area (Å²) in [7, 11) is 1.80. The van der Waals surface area contributed by atoms with Crippen molar-refractivity contribution < 1.29 is 18.9 Å². The van der Waals surface area contributed by atoms with Crippen molar-refractivity contribution in [2.24, 2.45) is 0 Å². The van der Waals surface area contributed by atoms with Crippen molar-refractivity contribution in [2.75, 3.05) is 18.6 Å². The maximum atomic E-state index is 13.9. The third-order valence-electron chi connectivity index (χ3n) is 3.90. The van der Waals surface area contributed by atoms with E-state index in [1.165, 1.54) is 17.0 Å². The standard InChI is InChI=1S/C17H13Cl2FN2O2/c1-21(8-12-13(19)3-2-4-14(12)20)9-22-15-6-5-10(18)7-11(15)16(23)17(22)24/h2-7H,8-9H2,1H3/p+1. The molecule has 3 rings (SSSR count). The largest absolute Gasteiger partial charge is 0.316 e. The summed E-state index contributed by atoms with van der Waals surface area (Å²) in [6, 6.07) is 9.26. The molecule has 1 aliphatic rings. The fourth-order valence-electron chi connectivity index (χ4n) is 2.76. The van der Waals surface area contributed by atoms with Gasteiger partial charge in [0.15, 0.2) is 6.67 Å². The van der Waals surface area contributed by atoms with Gasteiger partial charge in [0.1, 0.15) is 12.4 Å². The van der Waals surface area contributed by atoms with Gasteiger partial charge < -0.3 is 4.90 Å². The van der Waals surface area contributed by atoms with Crippen molar-refractivity contribution >= 4 is 40.6 Å². The van der Waals surface area contributed by atoms with Gasteiger partial charge in [-0.05, 0) is 30.3 Å². The lowest BCUT2D eigenvalue weighted by Gasteiger charge is -2.22. The molecular formula is C17H14Cl2FN2O2+. The number of anilines is 1. The Labute approximate surface area is 148 Å². The first kappa shape index (κ1) is 16.9. The molecule has 7 heteroatoms. The zero-order chi connectivity index (χ0) is 17.4. The minimum atomic E-state index is -0.605. The number of amides is 1. The number of ketones is 1. The SMILES string of the molecule is C[NH+](Cc1c(F)cccc1Cl)CN1C(=O)C(=O)c2cc(Cl)ccc21. The number of rotatable bonds is 4. The van der Waals surface area contributed by atoms with Crippen LogP contribution in [0.25, 0.3) is 0 Å². The topological polar surface area (TPSA) is 41.8 Å². The number of carbonyl (C=O) groups excluding carboxylic acids is 2. The van der Waals surface area contributed by atoms with E-state index in [1.807, 2.05) is 0 Å². The van der Waals surface area contributed by atoms with Crippen LogP contribution in [0.3, 0.4) is 0 Å².